The highest BCUT2D eigenvalue weighted by Gasteiger charge is 2.34. The Balaban J connectivity index is 2.21. The lowest BCUT2D eigenvalue weighted by Gasteiger charge is -2.48. The van der Waals surface area contributed by atoms with Gasteiger partial charge in [0.25, 0.3) is 0 Å². The average molecular weight is 260 g/mol. The van der Waals surface area contributed by atoms with Crippen LogP contribution in [0.5, 0.6) is 0 Å². The van der Waals surface area contributed by atoms with Crippen molar-refractivity contribution in [1.29, 1.82) is 0 Å². The molecule has 2 heteroatoms. The Kier molecular flexibility index (Phi) is 4.19. The van der Waals surface area contributed by atoms with Gasteiger partial charge in [0.05, 0.1) is 0 Å². The molecule has 1 unspecified atom stereocenters. The van der Waals surface area contributed by atoms with E-state index in [4.69, 9.17) is 0 Å². The minimum atomic E-state index is 0.250. The minimum Gasteiger partial charge on any atom is -0.366 e. The summed E-state index contributed by atoms with van der Waals surface area (Å²) in [5, 5.41) is 3.33. The maximum atomic E-state index is 3.33. The van der Waals surface area contributed by atoms with Crippen molar-refractivity contribution in [3.05, 3.63) is 29.3 Å². The predicted octanol–water partition coefficient (Wildman–Crippen LogP) is 3.52. The molecule has 0 spiro atoms. The topological polar surface area (TPSA) is 15.3 Å². The van der Waals surface area contributed by atoms with Gasteiger partial charge >= 0.3 is 0 Å². The number of nitrogens with one attached hydrogen (secondary N) is 1. The van der Waals surface area contributed by atoms with Crippen LogP contribution in [0.3, 0.4) is 0 Å². The molecule has 1 atom stereocenters. The van der Waals surface area contributed by atoms with E-state index in [2.05, 4.69) is 63.2 Å². The molecule has 1 aromatic carbocycles. The van der Waals surface area contributed by atoms with E-state index in [0.29, 0.717) is 0 Å². The second kappa shape index (κ2) is 5.54. The monoisotopic (exact) mass is 260 g/mol. The molecule has 1 aliphatic heterocycles. The number of aryl methyl sites for hydroxylation is 2. The average Bonchev–Trinajstić information content (AvgIpc) is 2.30. The van der Waals surface area contributed by atoms with E-state index in [9.17, 15) is 0 Å². The number of nitrogens with zero attached hydrogens (tertiary/aromatic N) is 1. The first-order chi connectivity index (χ1) is 8.94. The van der Waals surface area contributed by atoms with Gasteiger partial charge < -0.3 is 10.2 Å². The lowest BCUT2D eigenvalue weighted by Crippen LogP contribution is -2.51. The molecule has 0 bridgehead atoms. The lowest BCUT2D eigenvalue weighted by molar-refractivity contribution is 0.270. The summed E-state index contributed by atoms with van der Waals surface area (Å²) in [6, 6.07) is 6.83. The van der Waals surface area contributed by atoms with E-state index in [1.165, 1.54) is 36.2 Å². The Morgan fingerprint density at radius 3 is 2.63 bits per heavy atom. The molecule has 19 heavy (non-hydrogen) atoms. The van der Waals surface area contributed by atoms with Gasteiger partial charge in [0.1, 0.15) is 0 Å². The second-order valence-corrected chi connectivity index (χ2v) is 6.67. The molecule has 1 aromatic rings. The number of benzene rings is 1. The van der Waals surface area contributed by atoms with Crippen molar-refractivity contribution >= 4 is 5.69 Å². The van der Waals surface area contributed by atoms with Crippen LogP contribution in [0.2, 0.25) is 0 Å². The fraction of sp³-hybridized carbons (Fsp3) is 0.647. The third-order valence-corrected chi connectivity index (χ3v) is 4.42. The molecule has 1 N–H and O–H groups in total. The zero-order valence-corrected chi connectivity index (χ0v) is 13.1. The summed E-state index contributed by atoms with van der Waals surface area (Å²) in [6.45, 7) is 11.5. The number of anilines is 1. The predicted molar refractivity (Wildman–Crippen MR) is 84.0 cm³/mol. The molecule has 0 amide bonds. The van der Waals surface area contributed by atoms with Crippen LogP contribution in [0.4, 0.5) is 5.69 Å². The summed E-state index contributed by atoms with van der Waals surface area (Å²) in [4.78, 5) is 2.61. The fourth-order valence-electron chi connectivity index (χ4n) is 3.55. The number of hydrogen-bond acceptors (Lipinski definition) is 2. The van der Waals surface area contributed by atoms with E-state index in [-0.39, 0.29) is 5.54 Å². The zero-order valence-electron chi connectivity index (χ0n) is 13.1. The first kappa shape index (κ1) is 14.4. The van der Waals surface area contributed by atoms with Gasteiger partial charge in [-0.25, -0.2) is 0 Å². The van der Waals surface area contributed by atoms with Gasteiger partial charge in [0.2, 0.25) is 0 Å². The normalized spacial score (nSPS) is 22.6. The molecular formula is C17H28N2. The molecule has 0 saturated carbocycles. The Morgan fingerprint density at radius 2 is 2.05 bits per heavy atom. The number of hydrogen-bond donors (Lipinski definition) is 1. The highest BCUT2D eigenvalue weighted by atomic mass is 15.2. The number of rotatable bonds is 3. The summed E-state index contributed by atoms with van der Waals surface area (Å²) in [7, 11) is 2.06. The molecule has 2 nitrogen and oxygen atoms in total. The van der Waals surface area contributed by atoms with Gasteiger partial charge in [-0.15, -0.1) is 0 Å². The minimum absolute atomic E-state index is 0.250. The van der Waals surface area contributed by atoms with Crippen LogP contribution < -0.4 is 10.2 Å². The van der Waals surface area contributed by atoms with Crippen LogP contribution in [-0.4, -0.2) is 25.7 Å². The van der Waals surface area contributed by atoms with Gasteiger partial charge in [0, 0.05) is 17.8 Å². The summed E-state index contributed by atoms with van der Waals surface area (Å²) in [5.74, 6) is 0.807. The molecule has 1 fully saturated rings. The van der Waals surface area contributed by atoms with E-state index in [0.717, 1.165) is 12.5 Å². The molecule has 0 radical (unpaired) electrons. The summed E-state index contributed by atoms with van der Waals surface area (Å²) in [5.41, 5.74) is 4.42. The van der Waals surface area contributed by atoms with Crippen LogP contribution in [0.1, 0.15) is 37.8 Å². The zero-order chi connectivity index (χ0) is 14.0. The Morgan fingerprint density at radius 1 is 1.32 bits per heavy atom. The van der Waals surface area contributed by atoms with Crippen LogP contribution in [-0.2, 0) is 0 Å². The van der Waals surface area contributed by atoms with Crippen molar-refractivity contribution in [2.45, 2.75) is 46.1 Å². The lowest BCUT2D eigenvalue weighted by atomic mass is 9.82. The van der Waals surface area contributed by atoms with Gasteiger partial charge in [0.15, 0.2) is 0 Å². The fourth-order valence-corrected chi connectivity index (χ4v) is 3.55. The van der Waals surface area contributed by atoms with Gasteiger partial charge in [-0.1, -0.05) is 17.7 Å². The summed E-state index contributed by atoms with van der Waals surface area (Å²) in [6.07, 6.45) is 2.55. The van der Waals surface area contributed by atoms with Crippen LogP contribution >= 0.6 is 0 Å². The summed E-state index contributed by atoms with van der Waals surface area (Å²) >= 11 is 0. The molecule has 1 aliphatic rings. The van der Waals surface area contributed by atoms with Crippen LogP contribution in [0.25, 0.3) is 0 Å². The Hall–Kier alpha value is -1.02. The largest absolute Gasteiger partial charge is 0.366 e. The van der Waals surface area contributed by atoms with Gasteiger partial charge in [-0.3, -0.25) is 0 Å². The SMILES string of the molecule is CNCC1CCN(c2ccc(C)cc2C)C(C)(C)C1. The highest BCUT2D eigenvalue weighted by molar-refractivity contribution is 5.56. The molecular weight excluding hydrogens is 232 g/mol. The summed E-state index contributed by atoms with van der Waals surface area (Å²) < 4.78 is 0. The smallest absolute Gasteiger partial charge is 0.0400 e. The molecule has 2 rings (SSSR count). The van der Waals surface area contributed by atoms with Crippen molar-refractivity contribution in [3.63, 3.8) is 0 Å². The van der Waals surface area contributed by atoms with Gasteiger partial charge in [-0.2, -0.15) is 0 Å². The Bertz CT molecular complexity index is 437. The van der Waals surface area contributed by atoms with Crippen LogP contribution in [0.15, 0.2) is 18.2 Å². The van der Waals surface area contributed by atoms with E-state index >= 15 is 0 Å². The van der Waals surface area contributed by atoms with Crippen LogP contribution in [0, 0.1) is 19.8 Å². The van der Waals surface area contributed by atoms with E-state index < -0.39 is 0 Å². The second-order valence-electron chi connectivity index (χ2n) is 6.67. The third kappa shape index (κ3) is 3.11. The van der Waals surface area contributed by atoms with Crippen molar-refractivity contribution in [2.75, 3.05) is 25.0 Å². The molecule has 1 saturated heterocycles. The van der Waals surface area contributed by atoms with Crippen molar-refractivity contribution < 1.29 is 0 Å². The number of piperidine rings is 1. The molecule has 0 aromatic heterocycles. The maximum Gasteiger partial charge on any atom is 0.0400 e. The molecule has 106 valence electrons. The quantitative estimate of drug-likeness (QED) is 0.894. The van der Waals surface area contributed by atoms with E-state index in [1.54, 1.807) is 0 Å². The van der Waals surface area contributed by atoms with E-state index in [1.807, 2.05) is 0 Å². The molecule has 0 aliphatic carbocycles. The van der Waals surface area contributed by atoms with Crippen molar-refractivity contribution in [1.82, 2.24) is 5.32 Å². The third-order valence-electron chi connectivity index (χ3n) is 4.42. The van der Waals surface area contributed by atoms with Gasteiger partial charge in [-0.05, 0) is 71.7 Å². The first-order valence-corrected chi connectivity index (χ1v) is 7.43. The standard InChI is InChI=1S/C17H28N2/c1-13-6-7-16(14(2)10-13)19-9-8-15(12-18-5)11-17(19,3)4/h6-7,10,15,18H,8-9,11-12H2,1-5H3. The Labute approximate surface area is 118 Å². The molecule has 1 heterocycles. The van der Waals surface area contributed by atoms with Crippen molar-refractivity contribution in [2.24, 2.45) is 5.92 Å². The first-order valence-electron chi connectivity index (χ1n) is 7.43. The highest BCUT2D eigenvalue weighted by Crippen LogP contribution is 2.36. The maximum absolute atomic E-state index is 3.33. The van der Waals surface area contributed by atoms with Crippen molar-refractivity contribution in [3.8, 4) is 0 Å².